The molecule has 0 atom stereocenters. The summed E-state index contributed by atoms with van der Waals surface area (Å²) in [5, 5.41) is 3.33. The van der Waals surface area contributed by atoms with Gasteiger partial charge in [-0.3, -0.25) is 0 Å². The molecule has 158 valence electrons. The molecular weight excluding hydrogens is 442 g/mol. The lowest BCUT2D eigenvalue weighted by Gasteiger charge is -2.25. The van der Waals surface area contributed by atoms with Gasteiger partial charge >= 0.3 is 0 Å². The Morgan fingerprint density at radius 3 is 1.79 bits per heavy atom. The minimum Gasteiger partial charge on any atom is -0.310 e. The van der Waals surface area contributed by atoms with Gasteiger partial charge in [0.1, 0.15) is 0 Å². The SMILES string of the molecule is Clc1ccc(-c2ccc3c(c2)sc2ccc(N(c4ccccc4)c4ccccc4)cc23)cc1. The largest absolute Gasteiger partial charge is 0.310 e. The number of hydrogen-bond donors (Lipinski definition) is 0. The Balaban J connectivity index is 1.49. The van der Waals surface area contributed by atoms with Gasteiger partial charge in [0, 0.05) is 42.3 Å². The number of nitrogens with zero attached hydrogens (tertiary/aromatic N) is 1. The molecule has 5 aromatic carbocycles. The summed E-state index contributed by atoms with van der Waals surface area (Å²) in [6, 6.07) is 42.6. The molecular formula is C30H20ClNS. The monoisotopic (exact) mass is 461 g/mol. The van der Waals surface area contributed by atoms with Gasteiger partial charge in [-0.15, -0.1) is 11.3 Å². The van der Waals surface area contributed by atoms with E-state index in [1.54, 1.807) is 0 Å². The fourth-order valence-electron chi connectivity index (χ4n) is 4.33. The molecule has 0 bridgehead atoms. The Morgan fingerprint density at radius 1 is 0.485 bits per heavy atom. The molecule has 6 aromatic rings. The molecule has 33 heavy (non-hydrogen) atoms. The van der Waals surface area contributed by atoms with Crippen LogP contribution in [-0.4, -0.2) is 0 Å². The quantitative estimate of drug-likeness (QED) is 0.252. The molecule has 6 rings (SSSR count). The first-order valence-corrected chi connectivity index (χ1v) is 12.1. The zero-order chi connectivity index (χ0) is 22.2. The summed E-state index contributed by atoms with van der Waals surface area (Å²) < 4.78 is 2.59. The van der Waals surface area contributed by atoms with Crippen molar-refractivity contribution >= 4 is 60.2 Å². The van der Waals surface area contributed by atoms with Crippen molar-refractivity contribution in [2.45, 2.75) is 0 Å². The van der Waals surface area contributed by atoms with E-state index >= 15 is 0 Å². The molecule has 0 amide bonds. The van der Waals surface area contributed by atoms with Crippen LogP contribution in [0.2, 0.25) is 5.02 Å². The number of thiophene rings is 1. The second-order valence-corrected chi connectivity index (χ2v) is 9.53. The van der Waals surface area contributed by atoms with Crippen LogP contribution >= 0.6 is 22.9 Å². The smallest absolute Gasteiger partial charge is 0.0468 e. The fourth-order valence-corrected chi connectivity index (χ4v) is 5.58. The van der Waals surface area contributed by atoms with Crippen molar-refractivity contribution in [3.8, 4) is 11.1 Å². The second-order valence-electron chi connectivity index (χ2n) is 8.01. The van der Waals surface area contributed by atoms with E-state index in [9.17, 15) is 0 Å². The van der Waals surface area contributed by atoms with Crippen LogP contribution in [0, 0.1) is 0 Å². The van der Waals surface area contributed by atoms with Crippen molar-refractivity contribution in [1.82, 2.24) is 0 Å². The molecule has 1 heterocycles. The molecule has 0 aliphatic heterocycles. The van der Waals surface area contributed by atoms with Crippen molar-refractivity contribution in [1.29, 1.82) is 0 Å². The molecule has 0 N–H and O–H groups in total. The third kappa shape index (κ3) is 3.78. The maximum absolute atomic E-state index is 6.07. The Hall–Kier alpha value is -3.59. The number of anilines is 3. The molecule has 0 saturated heterocycles. The van der Waals surface area contributed by atoms with E-state index in [1.807, 2.05) is 23.5 Å². The lowest BCUT2D eigenvalue weighted by atomic mass is 10.0. The van der Waals surface area contributed by atoms with Crippen LogP contribution in [-0.2, 0) is 0 Å². The molecule has 0 fully saturated rings. The van der Waals surface area contributed by atoms with Crippen molar-refractivity contribution < 1.29 is 0 Å². The molecule has 0 radical (unpaired) electrons. The summed E-state index contributed by atoms with van der Waals surface area (Å²) in [7, 11) is 0. The molecule has 0 spiro atoms. The summed E-state index contributed by atoms with van der Waals surface area (Å²) in [5.74, 6) is 0. The summed E-state index contributed by atoms with van der Waals surface area (Å²) in [4.78, 5) is 2.31. The molecule has 0 saturated carbocycles. The maximum atomic E-state index is 6.07. The summed E-state index contributed by atoms with van der Waals surface area (Å²) in [5.41, 5.74) is 5.83. The van der Waals surface area contributed by atoms with Crippen LogP contribution in [0.4, 0.5) is 17.1 Å². The van der Waals surface area contributed by atoms with E-state index < -0.39 is 0 Å². The van der Waals surface area contributed by atoms with E-state index in [0.29, 0.717) is 0 Å². The number of hydrogen-bond acceptors (Lipinski definition) is 2. The highest BCUT2D eigenvalue weighted by Gasteiger charge is 2.14. The molecule has 3 heteroatoms. The normalized spacial score (nSPS) is 11.2. The van der Waals surface area contributed by atoms with Crippen LogP contribution in [0.25, 0.3) is 31.3 Å². The third-order valence-electron chi connectivity index (χ3n) is 5.92. The van der Waals surface area contributed by atoms with Gasteiger partial charge in [0.15, 0.2) is 0 Å². The topological polar surface area (TPSA) is 3.24 Å². The van der Waals surface area contributed by atoms with E-state index in [0.717, 1.165) is 22.1 Å². The maximum Gasteiger partial charge on any atom is 0.0468 e. The molecule has 0 aliphatic rings. The highest BCUT2D eigenvalue weighted by atomic mass is 35.5. The number of fused-ring (bicyclic) bond motifs is 3. The van der Waals surface area contributed by atoms with Crippen LogP contribution < -0.4 is 4.90 Å². The lowest BCUT2D eigenvalue weighted by Crippen LogP contribution is -2.09. The first-order chi connectivity index (χ1) is 16.3. The van der Waals surface area contributed by atoms with Gasteiger partial charge in [0.05, 0.1) is 0 Å². The summed E-state index contributed by atoms with van der Waals surface area (Å²) in [6.45, 7) is 0. The summed E-state index contributed by atoms with van der Waals surface area (Å²) >= 11 is 7.92. The van der Waals surface area contributed by atoms with Crippen molar-refractivity contribution in [3.05, 3.63) is 126 Å². The highest BCUT2D eigenvalue weighted by molar-refractivity contribution is 7.25. The Bertz CT molecular complexity index is 1510. The van der Waals surface area contributed by atoms with Crippen molar-refractivity contribution in [2.75, 3.05) is 4.90 Å². The Morgan fingerprint density at radius 2 is 1.12 bits per heavy atom. The van der Waals surface area contributed by atoms with Crippen LogP contribution in [0.1, 0.15) is 0 Å². The molecule has 1 nitrogen and oxygen atoms in total. The van der Waals surface area contributed by atoms with Gasteiger partial charge < -0.3 is 4.90 Å². The van der Waals surface area contributed by atoms with Gasteiger partial charge in [0.25, 0.3) is 0 Å². The van der Waals surface area contributed by atoms with E-state index in [-0.39, 0.29) is 0 Å². The average Bonchev–Trinajstić information content (AvgIpc) is 3.23. The van der Waals surface area contributed by atoms with Gasteiger partial charge in [0.2, 0.25) is 0 Å². The van der Waals surface area contributed by atoms with E-state index in [2.05, 4.69) is 114 Å². The van der Waals surface area contributed by atoms with E-state index in [1.165, 1.54) is 31.3 Å². The highest BCUT2D eigenvalue weighted by Crippen LogP contribution is 2.41. The fraction of sp³-hybridized carbons (Fsp3) is 0. The lowest BCUT2D eigenvalue weighted by molar-refractivity contribution is 1.29. The number of para-hydroxylation sites is 2. The predicted molar refractivity (Wildman–Crippen MR) is 144 cm³/mol. The first-order valence-electron chi connectivity index (χ1n) is 10.9. The Kier molecular flexibility index (Phi) is 5.10. The minimum absolute atomic E-state index is 0.760. The zero-order valence-corrected chi connectivity index (χ0v) is 19.4. The van der Waals surface area contributed by atoms with Gasteiger partial charge in [-0.1, -0.05) is 72.3 Å². The van der Waals surface area contributed by atoms with Gasteiger partial charge in [-0.05, 0) is 71.8 Å². The number of rotatable bonds is 4. The van der Waals surface area contributed by atoms with E-state index in [4.69, 9.17) is 11.6 Å². The molecule has 1 aromatic heterocycles. The van der Waals surface area contributed by atoms with Crippen molar-refractivity contribution in [2.24, 2.45) is 0 Å². The molecule has 0 unspecified atom stereocenters. The predicted octanol–water partition coefficient (Wildman–Crippen LogP) is 9.84. The number of benzene rings is 5. The molecule has 0 aliphatic carbocycles. The van der Waals surface area contributed by atoms with Crippen LogP contribution in [0.3, 0.4) is 0 Å². The zero-order valence-electron chi connectivity index (χ0n) is 17.8. The van der Waals surface area contributed by atoms with Crippen LogP contribution in [0.5, 0.6) is 0 Å². The standard InChI is InChI=1S/C30H20ClNS/c31-23-14-11-21(12-15-23)22-13-17-27-28-20-26(16-18-29(28)33-30(27)19-22)32(24-7-3-1-4-8-24)25-9-5-2-6-10-25/h1-20H. The second kappa shape index (κ2) is 8.40. The van der Waals surface area contributed by atoms with Crippen molar-refractivity contribution in [3.63, 3.8) is 0 Å². The van der Waals surface area contributed by atoms with Gasteiger partial charge in [-0.25, -0.2) is 0 Å². The average molecular weight is 462 g/mol. The Labute approximate surface area is 202 Å². The van der Waals surface area contributed by atoms with Crippen LogP contribution in [0.15, 0.2) is 121 Å². The first kappa shape index (κ1) is 20.0. The number of halogens is 1. The minimum atomic E-state index is 0.760. The third-order valence-corrected chi connectivity index (χ3v) is 7.30. The van der Waals surface area contributed by atoms with Gasteiger partial charge in [-0.2, -0.15) is 0 Å². The summed E-state index contributed by atoms with van der Waals surface area (Å²) in [6.07, 6.45) is 0.